The zero-order chi connectivity index (χ0) is 23.3. The van der Waals surface area contributed by atoms with E-state index in [0.29, 0.717) is 34.2 Å². The molecule has 0 spiro atoms. The molecule has 32 heavy (non-hydrogen) atoms. The number of aryl methyl sites for hydroxylation is 1. The highest BCUT2D eigenvalue weighted by atomic mass is 35.5. The maximum absolute atomic E-state index is 12.6. The Morgan fingerprint density at radius 1 is 1.16 bits per heavy atom. The Labute approximate surface area is 191 Å². The van der Waals surface area contributed by atoms with Gasteiger partial charge in [0.05, 0.1) is 32.1 Å². The summed E-state index contributed by atoms with van der Waals surface area (Å²) < 4.78 is 22.9. The third-order valence-corrected chi connectivity index (χ3v) is 5.26. The van der Waals surface area contributed by atoms with Crippen LogP contribution < -0.4 is 9.47 Å². The highest BCUT2D eigenvalue weighted by Gasteiger charge is 2.17. The minimum atomic E-state index is -0.645. The summed E-state index contributed by atoms with van der Waals surface area (Å²) in [7, 11) is 2.98. The molecule has 0 bridgehead atoms. The fraction of sp³-hybridized carbons (Fsp3) is 0.250. The molecule has 168 valence electrons. The maximum Gasteiger partial charge on any atom is 0.331 e. The van der Waals surface area contributed by atoms with Crippen LogP contribution in [-0.2, 0) is 16.1 Å². The van der Waals surface area contributed by atoms with Gasteiger partial charge in [0.1, 0.15) is 5.76 Å². The number of carbonyl (C=O) groups is 2. The minimum absolute atomic E-state index is 0.278. The lowest BCUT2D eigenvalue weighted by Gasteiger charge is -2.10. The second-order valence-corrected chi connectivity index (χ2v) is 7.46. The molecule has 0 amide bonds. The van der Waals surface area contributed by atoms with Crippen molar-refractivity contribution in [1.82, 2.24) is 4.57 Å². The molecule has 3 rings (SSSR count). The Kier molecular flexibility index (Phi) is 7.43. The number of halogens is 1. The van der Waals surface area contributed by atoms with Crippen LogP contribution in [0.2, 0.25) is 5.02 Å². The van der Waals surface area contributed by atoms with E-state index in [1.165, 1.54) is 26.4 Å². The number of esters is 1. The Hall–Kier alpha value is -3.45. The molecular weight excluding hydrogens is 434 g/mol. The summed E-state index contributed by atoms with van der Waals surface area (Å²) in [5.74, 6) is 0.711. The number of rotatable bonds is 9. The lowest BCUT2D eigenvalue weighted by Crippen LogP contribution is -2.13. The second kappa shape index (κ2) is 10.2. The number of nitrogens with zero attached hydrogens (tertiary/aromatic N) is 1. The molecule has 0 saturated heterocycles. The van der Waals surface area contributed by atoms with Crippen LogP contribution in [0.3, 0.4) is 0 Å². The van der Waals surface area contributed by atoms with Gasteiger partial charge in [-0.25, -0.2) is 4.79 Å². The predicted octanol–water partition coefficient (Wildman–Crippen LogP) is 4.86. The van der Waals surface area contributed by atoms with Crippen LogP contribution in [0.1, 0.15) is 33.1 Å². The molecule has 0 radical (unpaired) electrons. The van der Waals surface area contributed by atoms with Gasteiger partial charge in [0.2, 0.25) is 5.78 Å². The summed E-state index contributed by atoms with van der Waals surface area (Å²) in [5, 5.41) is 0.347. The van der Waals surface area contributed by atoms with Crippen LogP contribution in [0.4, 0.5) is 0 Å². The Bertz CT molecular complexity index is 1140. The SMILES string of the molecule is COc1cc(C=CC(=O)OCC(=O)c2cc(C)n(Cc3ccco3)c2C)cc(Cl)c1OC. The van der Waals surface area contributed by atoms with Crippen LogP contribution in [0, 0.1) is 13.8 Å². The molecule has 0 saturated carbocycles. The lowest BCUT2D eigenvalue weighted by atomic mass is 10.1. The van der Waals surface area contributed by atoms with Gasteiger partial charge in [-0.1, -0.05) is 11.6 Å². The number of methoxy groups -OCH3 is 2. The molecule has 2 aromatic heterocycles. The fourth-order valence-corrected chi connectivity index (χ4v) is 3.64. The summed E-state index contributed by atoms with van der Waals surface area (Å²) in [6, 6.07) is 8.79. The highest BCUT2D eigenvalue weighted by molar-refractivity contribution is 6.32. The maximum atomic E-state index is 12.6. The Morgan fingerprint density at radius 3 is 2.59 bits per heavy atom. The van der Waals surface area contributed by atoms with Crippen molar-refractivity contribution in [3.05, 3.63) is 76.0 Å². The quantitative estimate of drug-likeness (QED) is 0.259. The summed E-state index contributed by atoms with van der Waals surface area (Å²) in [6.45, 7) is 3.93. The first kappa shape index (κ1) is 23.2. The van der Waals surface area contributed by atoms with E-state index in [1.54, 1.807) is 24.5 Å². The number of Topliss-reactive ketones (excluding diaryl/α,β-unsaturated/α-hetero) is 1. The first-order valence-electron chi connectivity index (χ1n) is 9.82. The van der Waals surface area contributed by atoms with E-state index in [0.717, 1.165) is 17.1 Å². The van der Waals surface area contributed by atoms with Crippen molar-refractivity contribution in [2.75, 3.05) is 20.8 Å². The van der Waals surface area contributed by atoms with Gasteiger partial charge < -0.3 is 23.2 Å². The Morgan fingerprint density at radius 2 is 1.94 bits per heavy atom. The third kappa shape index (κ3) is 5.23. The van der Waals surface area contributed by atoms with Crippen LogP contribution in [-0.4, -0.2) is 37.1 Å². The van der Waals surface area contributed by atoms with Crippen LogP contribution in [0.25, 0.3) is 6.08 Å². The van der Waals surface area contributed by atoms with Crippen molar-refractivity contribution in [3.8, 4) is 11.5 Å². The average Bonchev–Trinajstić information content (AvgIpc) is 3.39. The first-order valence-corrected chi connectivity index (χ1v) is 10.2. The number of carbonyl (C=O) groups excluding carboxylic acids is 2. The second-order valence-electron chi connectivity index (χ2n) is 7.05. The number of hydrogen-bond acceptors (Lipinski definition) is 6. The fourth-order valence-electron chi connectivity index (χ4n) is 3.35. The molecular formula is C24H24ClNO6. The number of ketones is 1. The van der Waals surface area contributed by atoms with Gasteiger partial charge in [-0.3, -0.25) is 4.79 Å². The van der Waals surface area contributed by atoms with E-state index in [9.17, 15) is 9.59 Å². The van der Waals surface area contributed by atoms with Gasteiger partial charge in [0, 0.05) is 23.0 Å². The number of benzene rings is 1. The van der Waals surface area contributed by atoms with Crippen molar-refractivity contribution in [3.63, 3.8) is 0 Å². The van der Waals surface area contributed by atoms with Gasteiger partial charge in [-0.2, -0.15) is 0 Å². The molecule has 7 nitrogen and oxygen atoms in total. The van der Waals surface area contributed by atoms with E-state index >= 15 is 0 Å². The van der Waals surface area contributed by atoms with E-state index in [4.69, 9.17) is 30.2 Å². The van der Waals surface area contributed by atoms with Gasteiger partial charge in [-0.05, 0) is 55.8 Å². The summed E-state index contributed by atoms with van der Waals surface area (Å²) >= 11 is 6.17. The molecule has 2 heterocycles. The van der Waals surface area contributed by atoms with Crippen molar-refractivity contribution in [2.45, 2.75) is 20.4 Å². The van der Waals surface area contributed by atoms with Crippen molar-refractivity contribution in [1.29, 1.82) is 0 Å². The van der Waals surface area contributed by atoms with Crippen LogP contribution >= 0.6 is 11.6 Å². The zero-order valence-electron chi connectivity index (χ0n) is 18.3. The van der Waals surface area contributed by atoms with Crippen molar-refractivity contribution >= 4 is 29.4 Å². The van der Waals surface area contributed by atoms with Gasteiger partial charge in [-0.15, -0.1) is 0 Å². The van der Waals surface area contributed by atoms with E-state index in [1.807, 2.05) is 30.5 Å². The third-order valence-electron chi connectivity index (χ3n) is 4.98. The minimum Gasteiger partial charge on any atom is -0.493 e. The van der Waals surface area contributed by atoms with Crippen LogP contribution in [0.5, 0.6) is 11.5 Å². The molecule has 0 aliphatic carbocycles. The smallest absolute Gasteiger partial charge is 0.331 e. The topological polar surface area (TPSA) is 79.9 Å². The number of furan rings is 1. The van der Waals surface area contributed by atoms with Gasteiger partial charge >= 0.3 is 5.97 Å². The van der Waals surface area contributed by atoms with Crippen molar-refractivity contribution < 1.29 is 28.2 Å². The molecule has 0 atom stereocenters. The van der Waals surface area contributed by atoms with Crippen LogP contribution in [0.15, 0.2) is 47.1 Å². The standard InChI is InChI=1S/C24H24ClNO6/c1-15-10-19(16(2)26(15)13-18-6-5-9-31-18)21(27)14-32-23(28)8-7-17-11-20(25)24(30-4)22(12-17)29-3/h5-12H,13-14H2,1-4H3. The van der Waals surface area contributed by atoms with E-state index < -0.39 is 5.97 Å². The molecule has 3 aromatic rings. The number of hydrogen-bond donors (Lipinski definition) is 0. The first-order chi connectivity index (χ1) is 15.3. The molecule has 0 aliphatic heterocycles. The lowest BCUT2D eigenvalue weighted by molar-refractivity contribution is -0.136. The van der Waals surface area contributed by atoms with E-state index in [2.05, 4.69) is 0 Å². The Balaban J connectivity index is 1.63. The summed E-state index contributed by atoms with van der Waals surface area (Å²) in [5.41, 5.74) is 2.84. The summed E-state index contributed by atoms with van der Waals surface area (Å²) in [6.07, 6.45) is 4.36. The van der Waals surface area contributed by atoms with Gasteiger partial charge in [0.15, 0.2) is 18.1 Å². The number of aromatic nitrogens is 1. The molecule has 0 fully saturated rings. The van der Waals surface area contributed by atoms with E-state index in [-0.39, 0.29) is 12.4 Å². The number of ether oxygens (including phenoxy) is 3. The molecule has 1 aromatic carbocycles. The largest absolute Gasteiger partial charge is 0.493 e. The average molecular weight is 458 g/mol. The molecule has 0 N–H and O–H groups in total. The molecule has 8 heteroatoms. The zero-order valence-corrected chi connectivity index (χ0v) is 19.1. The predicted molar refractivity (Wildman–Crippen MR) is 121 cm³/mol. The summed E-state index contributed by atoms with van der Waals surface area (Å²) in [4.78, 5) is 24.7. The molecule has 0 aliphatic rings. The van der Waals surface area contributed by atoms with Crippen molar-refractivity contribution in [2.24, 2.45) is 0 Å². The highest BCUT2D eigenvalue weighted by Crippen LogP contribution is 2.36. The van der Waals surface area contributed by atoms with Gasteiger partial charge in [0.25, 0.3) is 0 Å². The molecule has 0 unspecified atom stereocenters. The monoisotopic (exact) mass is 457 g/mol. The normalized spacial score (nSPS) is 11.0.